The highest BCUT2D eigenvalue weighted by Gasteiger charge is 2.24. The lowest BCUT2D eigenvalue weighted by molar-refractivity contribution is -0.124. The van der Waals surface area contributed by atoms with Gasteiger partial charge in [-0.1, -0.05) is 11.6 Å². The second kappa shape index (κ2) is 4.72. The molecule has 0 aliphatic carbocycles. The van der Waals surface area contributed by atoms with Gasteiger partial charge in [0.1, 0.15) is 11.9 Å². The first-order valence-electron chi connectivity index (χ1n) is 5.08. The van der Waals surface area contributed by atoms with Gasteiger partial charge >= 0.3 is 0 Å². The van der Waals surface area contributed by atoms with E-state index in [0.717, 1.165) is 6.42 Å². The van der Waals surface area contributed by atoms with Gasteiger partial charge in [0.25, 0.3) is 5.91 Å². The highest BCUT2D eigenvalue weighted by atomic mass is 35.5. The molecule has 86 valence electrons. The molecule has 1 atom stereocenters. The number of halogens is 1. The van der Waals surface area contributed by atoms with E-state index in [4.69, 9.17) is 16.3 Å². The fourth-order valence-corrected chi connectivity index (χ4v) is 1.78. The van der Waals surface area contributed by atoms with E-state index in [1.165, 1.54) is 12.1 Å². The van der Waals surface area contributed by atoms with Crippen molar-refractivity contribution in [1.29, 1.82) is 0 Å². The highest BCUT2D eigenvalue weighted by Crippen LogP contribution is 2.27. The zero-order chi connectivity index (χ0) is 11.5. The smallest absolute Gasteiger partial charge is 0.253 e. The molecule has 16 heavy (non-hydrogen) atoms. The summed E-state index contributed by atoms with van der Waals surface area (Å²) in [5, 5.41) is 12.6. The number of rotatable bonds is 2. The summed E-state index contributed by atoms with van der Waals surface area (Å²) in [5.74, 6) is -0.245. The zero-order valence-corrected chi connectivity index (χ0v) is 9.33. The first-order valence-corrected chi connectivity index (χ1v) is 5.45. The number of hydrogen-bond acceptors (Lipinski definition) is 3. The molecule has 1 amide bonds. The summed E-state index contributed by atoms with van der Waals surface area (Å²) in [6.07, 6.45) is 1.19. The highest BCUT2D eigenvalue weighted by molar-refractivity contribution is 6.31. The number of anilines is 1. The molecular weight excluding hydrogens is 230 g/mol. The standard InChI is InChI=1S/C11H12ClNO3/c12-7-3-4-9(14)8(6-7)13-11(15)10-2-1-5-16-10/h3-4,6,10,14H,1-2,5H2,(H,13,15)/t10-/m0/s1. The molecule has 0 aromatic heterocycles. The topological polar surface area (TPSA) is 58.6 Å². The average molecular weight is 242 g/mol. The summed E-state index contributed by atoms with van der Waals surface area (Å²) in [5.41, 5.74) is 0.313. The molecule has 0 radical (unpaired) electrons. The number of carbonyl (C=O) groups is 1. The van der Waals surface area contributed by atoms with Crippen molar-refractivity contribution in [3.63, 3.8) is 0 Å². The van der Waals surface area contributed by atoms with E-state index >= 15 is 0 Å². The quantitative estimate of drug-likeness (QED) is 0.780. The largest absolute Gasteiger partial charge is 0.506 e. The van der Waals surface area contributed by atoms with Crippen LogP contribution in [0.2, 0.25) is 5.02 Å². The minimum absolute atomic E-state index is 0.00394. The monoisotopic (exact) mass is 241 g/mol. The van der Waals surface area contributed by atoms with Gasteiger partial charge in [0.2, 0.25) is 0 Å². The summed E-state index contributed by atoms with van der Waals surface area (Å²) < 4.78 is 5.23. The normalized spacial score (nSPS) is 19.7. The van der Waals surface area contributed by atoms with E-state index in [0.29, 0.717) is 23.7 Å². The minimum atomic E-state index is -0.418. The third-order valence-electron chi connectivity index (χ3n) is 2.44. The van der Waals surface area contributed by atoms with Gasteiger partial charge in [-0.05, 0) is 31.0 Å². The number of aromatic hydroxyl groups is 1. The summed E-state index contributed by atoms with van der Waals surface area (Å²) in [4.78, 5) is 11.7. The van der Waals surface area contributed by atoms with Crippen molar-refractivity contribution in [1.82, 2.24) is 0 Å². The van der Waals surface area contributed by atoms with Gasteiger partial charge in [0.05, 0.1) is 5.69 Å². The Hall–Kier alpha value is -1.26. The predicted octanol–water partition coefficient (Wildman–Crippen LogP) is 2.16. The molecule has 1 aromatic rings. The van der Waals surface area contributed by atoms with E-state index in [2.05, 4.69) is 5.32 Å². The minimum Gasteiger partial charge on any atom is -0.506 e. The lowest BCUT2D eigenvalue weighted by Crippen LogP contribution is -2.26. The summed E-state index contributed by atoms with van der Waals surface area (Å²) >= 11 is 5.77. The second-order valence-electron chi connectivity index (χ2n) is 3.65. The number of ether oxygens (including phenoxy) is 1. The first kappa shape index (κ1) is 11.2. The number of hydrogen-bond donors (Lipinski definition) is 2. The molecule has 4 nitrogen and oxygen atoms in total. The fourth-order valence-electron chi connectivity index (χ4n) is 1.61. The van der Waals surface area contributed by atoms with Crippen molar-refractivity contribution in [2.24, 2.45) is 0 Å². The van der Waals surface area contributed by atoms with Crippen LogP contribution in [0.3, 0.4) is 0 Å². The zero-order valence-electron chi connectivity index (χ0n) is 8.57. The lowest BCUT2D eigenvalue weighted by Gasteiger charge is -2.11. The van der Waals surface area contributed by atoms with Crippen molar-refractivity contribution in [3.05, 3.63) is 23.2 Å². The number of phenolic OH excluding ortho intramolecular Hbond substituents is 1. The third-order valence-corrected chi connectivity index (χ3v) is 2.67. The molecule has 5 heteroatoms. The van der Waals surface area contributed by atoms with Gasteiger partial charge < -0.3 is 15.2 Å². The van der Waals surface area contributed by atoms with Crippen LogP contribution in [0.4, 0.5) is 5.69 Å². The lowest BCUT2D eigenvalue weighted by atomic mass is 10.2. The van der Waals surface area contributed by atoms with Gasteiger partial charge in [-0.2, -0.15) is 0 Å². The van der Waals surface area contributed by atoms with Crippen LogP contribution in [0.1, 0.15) is 12.8 Å². The van der Waals surface area contributed by atoms with Crippen LogP contribution in [0.25, 0.3) is 0 Å². The Labute approximate surface area is 98.2 Å². The molecule has 1 aromatic carbocycles. The molecular formula is C11H12ClNO3. The van der Waals surface area contributed by atoms with Crippen LogP contribution < -0.4 is 5.32 Å². The van der Waals surface area contributed by atoms with Crippen molar-refractivity contribution < 1.29 is 14.6 Å². The van der Waals surface area contributed by atoms with Crippen LogP contribution in [-0.4, -0.2) is 23.7 Å². The molecule has 0 saturated carbocycles. The molecule has 1 saturated heterocycles. The Kier molecular flexibility index (Phi) is 3.31. The Morgan fingerprint density at radius 3 is 3.06 bits per heavy atom. The molecule has 0 unspecified atom stereocenters. The van der Waals surface area contributed by atoms with Crippen molar-refractivity contribution in [2.75, 3.05) is 11.9 Å². The van der Waals surface area contributed by atoms with Gasteiger partial charge in [-0.3, -0.25) is 4.79 Å². The predicted molar refractivity (Wildman–Crippen MR) is 60.7 cm³/mol. The number of benzene rings is 1. The van der Waals surface area contributed by atoms with Gasteiger partial charge in [-0.25, -0.2) is 0 Å². The molecule has 0 bridgehead atoms. The van der Waals surface area contributed by atoms with Crippen LogP contribution in [0.15, 0.2) is 18.2 Å². The molecule has 2 N–H and O–H groups in total. The third kappa shape index (κ3) is 2.46. The number of nitrogens with one attached hydrogen (secondary N) is 1. The number of amides is 1. The molecule has 1 fully saturated rings. The van der Waals surface area contributed by atoms with Crippen molar-refractivity contribution in [3.8, 4) is 5.75 Å². The molecule has 1 aliphatic heterocycles. The van der Waals surface area contributed by atoms with Crippen LogP contribution in [0, 0.1) is 0 Å². The Bertz CT molecular complexity index is 402. The van der Waals surface area contributed by atoms with Gasteiger partial charge in [0, 0.05) is 11.6 Å². The Morgan fingerprint density at radius 2 is 2.38 bits per heavy atom. The molecule has 0 spiro atoms. The molecule has 2 rings (SSSR count). The fraction of sp³-hybridized carbons (Fsp3) is 0.364. The summed E-state index contributed by atoms with van der Waals surface area (Å²) in [7, 11) is 0. The van der Waals surface area contributed by atoms with E-state index in [1.807, 2.05) is 0 Å². The second-order valence-corrected chi connectivity index (χ2v) is 4.09. The van der Waals surface area contributed by atoms with Crippen LogP contribution in [-0.2, 0) is 9.53 Å². The average Bonchev–Trinajstić information content (AvgIpc) is 2.76. The first-order chi connectivity index (χ1) is 7.66. The van der Waals surface area contributed by atoms with Crippen molar-refractivity contribution in [2.45, 2.75) is 18.9 Å². The van der Waals surface area contributed by atoms with Crippen molar-refractivity contribution >= 4 is 23.2 Å². The summed E-state index contributed by atoms with van der Waals surface area (Å²) in [6, 6.07) is 4.50. The maximum atomic E-state index is 11.7. The molecule has 1 aliphatic rings. The van der Waals surface area contributed by atoms with E-state index < -0.39 is 6.10 Å². The maximum absolute atomic E-state index is 11.7. The SMILES string of the molecule is O=C(Nc1cc(Cl)ccc1O)[C@@H]1CCCO1. The van der Waals surface area contributed by atoms with Gasteiger partial charge in [0.15, 0.2) is 0 Å². The van der Waals surface area contributed by atoms with E-state index in [1.54, 1.807) is 6.07 Å². The number of phenols is 1. The Balaban J connectivity index is 2.07. The summed E-state index contributed by atoms with van der Waals surface area (Å²) in [6.45, 7) is 0.611. The van der Waals surface area contributed by atoms with E-state index in [9.17, 15) is 9.90 Å². The van der Waals surface area contributed by atoms with Crippen LogP contribution in [0.5, 0.6) is 5.75 Å². The van der Waals surface area contributed by atoms with Crippen LogP contribution >= 0.6 is 11.6 Å². The van der Waals surface area contributed by atoms with Gasteiger partial charge in [-0.15, -0.1) is 0 Å². The Morgan fingerprint density at radius 1 is 1.56 bits per heavy atom. The van der Waals surface area contributed by atoms with E-state index in [-0.39, 0.29) is 11.7 Å². The number of carbonyl (C=O) groups excluding carboxylic acids is 1. The maximum Gasteiger partial charge on any atom is 0.253 e. The molecule has 1 heterocycles.